The lowest BCUT2D eigenvalue weighted by Crippen LogP contribution is -2.12. The number of fused-ring (bicyclic) bond motifs is 1. The molecule has 0 radical (unpaired) electrons. The number of aryl methyl sites for hydroxylation is 1. The minimum Gasteiger partial charge on any atom is -0.493 e. The second-order valence-electron chi connectivity index (χ2n) is 6.88. The number of nitrogens with one attached hydrogen (secondary N) is 1. The number of hydrogen-bond donors (Lipinski definition) is 2. The van der Waals surface area contributed by atoms with Gasteiger partial charge in [-0.05, 0) is 55.0 Å². The summed E-state index contributed by atoms with van der Waals surface area (Å²) in [5, 5.41) is 3.38. The number of ether oxygens (including phenoxy) is 2. The van der Waals surface area contributed by atoms with E-state index in [0.717, 1.165) is 5.56 Å². The molecular weight excluding hydrogens is 417 g/mol. The number of halogens is 1. The van der Waals surface area contributed by atoms with E-state index in [1.54, 1.807) is 33.3 Å². The number of hydrogen-bond acceptors (Lipinski definition) is 6. The van der Waals surface area contributed by atoms with E-state index in [4.69, 9.17) is 15.2 Å². The normalized spacial score (nSPS) is 10.8. The molecule has 0 bridgehead atoms. The van der Waals surface area contributed by atoms with E-state index < -0.39 is 5.91 Å². The molecule has 0 saturated carbocycles. The van der Waals surface area contributed by atoms with E-state index in [1.807, 2.05) is 30.3 Å². The molecule has 0 saturated heterocycles. The molecule has 0 unspecified atom stereocenters. The maximum absolute atomic E-state index is 13.8. The summed E-state index contributed by atoms with van der Waals surface area (Å²) in [7, 11) is 3.15. The average Bonchev–Trinajstić information content (AvgIpc) is 3.11. The molecule has 2 heterocycles. The fraction of sp³-hybridized carbons (Fsp3) is 0.130. The molecule has 31 heavy (non-hydrogen) atoms. The van der Waals surface area contributed by atoms with E-state index in [1.165, 1.54) is 17.4 Å². The van der Waals surface area contributed by atoms with E-state index in [2.05, 4.69) is 10.3 Å². The van der Waals surface area contributed by atoms with Crippen molar-refractivity contribution in [1.29, 1.82) is 0 Å². The first kappa shape index (κ1) is 20.6. The van der Waals surface area contributed by atoms with Crippen molar-refractivity contribution in [2.45, 2.75) is 6.92 Å². The molecule has 4 aromatic rings. The number of nitrogens with two attached hydrogens (primary N) is 1. The molecule has 8 heteroatoms. The number of amides is 1. The summed E-state index contributed by atoms with van der Waals surface area (Å²) in [6, 6.07) is 13.7. The third-order valence-corrected chi connectivity index (χ3v) is 6.02. The van der Waals surface area contributed by atoms with Crippen molar-refractivity contribution in [3.63, 3.8) is 0 Å². The Morgan fingerprint density at radius 3 is 2.55 bits per heavy atom. The van der Waals surface area contributed by atoms with Gasteiger partial charge in [0, 0.05) is 16.6 Å². The van der Waals surface area contributed by atoms with Crippen LogP contribution in [0.25, 0.3) is 21.5 Å². The van der Waals surface area contributed by atoms with Crippen molar-refractivity contribution in [2.75, 3.05) is 25.3 Å². The summed E-state index contributed by atoms with van der Waals surface area (Å²) in [6.45, 7) is 1.66. The Morgan fingerprint density at radius 1 is 1.06 bits per heavy atom. The van der Waals surface area contributed by atoms with Crippen molar-refractivity contribution in [2.24, 2.45) is 0 Å². The highest BCUT2D eigenvalue weighted by Crippen LogP contribution is 2.36. The number of nitrogens with zero attached hydrogens (tertiary/aromatic N) is 1. The topological polar surface area (TPSA) is 86.5 Å². The number of carbonyl (C=O) groups is 1. The molecule has 6 nitrogen and oxygen atoms in total. The van der Waals surface area contributed by atoms with E-state index in [9.17, 15) is 9.18 Å². The number of thiophene rings is 1. The van der Waals surface area contributed by atoms with Gasteiger partial charge in [0.1, 0.15) is 15.5 Å². The lowest BCUT2D eigenvalue weighted by atomic mass is 10.1. The van der Waals surface area contributed by atoms with Crippen LogP contribution in [0.5, 0.6) is 11.5 Å². The van der Waals surface area contributed by atoms with E-state index in [0.29, 0.717) is 49.2 Å². The maximum Gasteiger partial charge on any atom is 0.267 e. The van der Waals surface area contributed by atoms with Crippen LogP contribution in [0.2, 0.25) is 0 Å². The number of rotatable bonds is 5. The molecule has 0 atom stereocenters. The molecule has 158 valence electrons. The summed E-state index contributed by atoms with van der Waals surface area (Å²) in [5.74, 6) is 0.428. The first-order valence-electron chi connectivity index (χ1n) is 9.40. The predicted octanol–water partition coefficient (Wildman–Crippen LogP) is 5.26. The summed E-state index contributed by atoms with van der Waals surface area (Å²) < 4.78 is 24.4. The summed E-state index contributed by atoms with van der Waals surface area (Å²) in [6.07, 6.45) is 0. The van der Waals surface area contributed by atoms with Crippen molar-refractivity contribution in [1.82, 2.24) is 4.98 Å². The van der Waals surface area contributed by atoms with Crippen molar-refractivity contribution in [3.05, 3.63) is 64.8 Å². The summed E-state index contributed by atoms with van der Waals surface area (Å²) in [5.41, 5.74) is 8.98. The number of aromatic nitrogens is 1. The van der Waals surface area contributed by atoms with Crippen molar-refractivity contribution >= 4 is 38.8 Å². The Labute approximate surface area is 182 Å². The van der Waals surface area contributed by atoms with Crippen LogP contribution in [0.1, 0.15) is 15.2 Å². The Kier molecular flexibility index (Phi) is 5.48. The van der Waals surface area contributed by atoms with Crippen LogP contribution in [0.15, 0.2) is 48.5 Å². The van der Waals surface area contributed by atoms with Gasteiger partial charge >= 0.3 is 0 Å². The molecule has 0 aliphatic rings. The second kappa shape index (κ2) is 8.23. The van der Waals surface area contributed by atoms with Crippen LogP contribution in [0.4, 0.5) is 15.8 Å². The number of carbonyl (C=O) groups excluding carboxylic acids is 1. The first-order valence-corrected chi connectivity index (χ1v) is 10.2. The number of methoxy groups -OCH3 is 2. The lowest BCUT2D eigenvalue weighted by molar-refractivity contribution is 0.103. The van der Waals surface area contributed by atoms with Crippen LogP contribution >= 0.6 is 11.3 Å². The molecule has 3 N–H and O–H groups in total. The lowest BCUT2D eigenvalue weighted by Gasteiger charge is -2.09. The van der Waals surface area contributed by atoms with Gasteiger partial charge < -0.3 is 20.5 Å². The summed E-state index contributed by atoms with van der Waals surface area (Å²) >= 11 is 1.19. The predicted molar refractivity (Wildman–Crippen MR) is 122 cm³/mol. The van der Waals surface area contributed by atoms with Crippen molar-refractivity contribution < 1.29 is 18.7 Å². The zero-order valence-corrected chi connectivity index (χ0v) is 18.0. The molecule has 1 amide bonds. The van der Waals surface area contributed by atoms with Crippen LogP contribution in [-0.2, 0) is 0 Å². The zero-order valence-electron chi connectivity index (χ0n) is 17.2. The monoisotopic (exact) mass is 437 g/mol. The van der Waals surface area contributed by atoms with Crippen LogP contribution < -0.4 is 20.5 Å². The Bertz CT molecular complexity index is 1300. The molecule has 2 aromatic heterocycles. The molecule has 0 aliphatic carbocycles. The van der Waals surface area contributed by atoms with Gasteiger partial charge in [-0.2, -0.15) is 0 Å². The van der Waals surface area contributed by atoms with Crippen LogP contribution in [0, 0.1) is 12.7 Å². The average molecular weight is 437 g/mol. The van der Waals surface area contributed by atoms with Gasteiger partial charge in [-0.25, -0.2) is 9.37 Å². The largest absolute Gasteiger partial charge is 0.493 e. The van der Waals surface area contributed by atoms with Gasteiger partial charge in [0.25, 0.3) is 5.91 Å². The third kappa shape index (κ3) is 3.89. The minimum atomic E-state index is -0.406. The highest BCUT2D eigenvalue weighted by molar-refractivity contribution is 7.21. The smallest absolute Gasteiger partial charge is 0.267 e. The van der Waals surface area contributed by atoms with Crippen LogP contribution in [0.3, 0.4) is 0 Å². The molecule has 2 aromatic carbocycles. The number of anilines is 2. The van der Waals surface area contributed by atoms with E-state index in [-0.39, 0.29) is 5.82 Å². The number of pyridine rings is 1. The summed E-state index contributed by atoms with van der Waals surface area (Å²) in [4.78, 5) is 18.4. The van der Waals surface area contributed by atoms with Gasteiger partial charge in [0.2, 0.25) is 0 Å². The Morgan fingerprint density at radius 2 is 1.84 bits per heavy atom. The highest BCUT2D eigenvalue weighted by atomic mass is 32.1. The third-order valence-electron chi connectivity index (χ3n) is 4.91. The molecule has 0 aliphatic heterocycles. The maximum atomic E-state index is 13.8. The quantitative estimate of drug-likeness (QED) is 0.445. The van der Waals surface area contributed by atoms with Gasteiger partial charge in [0.05, 0.1) is 25.6 Å². The van der Waals surface area contributed by atoms with Gasteiger partial charge in [-0.3, -0.25) is 4.79 Å². The number of nitrogen functional groups attached to an aromatic ring is 1. The minimum absolute atomic E-state index is 0.327. The highest BCUT2D eigenvalue weighted by Gasteiger charge is 2.19. The van der Waals surface area contributed by atoms with Gasteiger partial charge in [-0.1, -0.05) is 6.07 Å². The first-order chi connectivity index (χ1) is 14.9. The molecule has 0 fully saturated rings. The van der Waals surface area contributed by atoms with Gasteiger partial charge in [0.15, 0.2) is 11.5 Å². The fourth-order valence-corrected chi connectivity index (χ4v) is 4.17. The van der Waals surface area contributed by atoms with Crippen molar-refractivity contribution in [3.8, 4) is 22.8 Å². The SMILES string of the molecule is COc1ccc(-c2ccc3c(N)c(C(=O)Nc4ccc(C)c(F)c4)sc3n2)cc1OC. The molecular formula is C23H20FN3O3S. The zero-order chi connectivity index (χ0) is 22.1. The molecule has 4 rings (SSSR count). The number of benzene rings is 2. The Balaban J connectivity index is 1.67. The van der Waals surface area contributed by atoms with Crippen LogP contribution in [-0.4, -0.2) is 25.1 Å². The van der Waals surface area contributed by atoms with Gasteiger partial charge in [-0.15, -0.1) is 11.3 Å². The standard InChI is InChI=1S/C23H20FN3O3S/c1-12-4-6-14(11-16(12)24)26-22(28)21-20(25)15-7-8-17(27-23(15)31-21)13-5-9-18(29-2)19(10-13)30-3/h4-11H,25H2,1-3H3,(H,26,28). The second-order valence-corrected chi connectivity index (χ2v) is 7.88. The Hall–Kier alpha value is -3.65. The van der Waals surface area contributed by atoms with E-state index >= 15 is 0 Å². The fourth-order valence-electron chi connectivity index (χ4n) is 3.18. The molecule has 0 spiro atoms.